The molecule has 0 heterocycles. The minimum absolute atomic E-state index is 0. The SMILES string of the molecule is CC(=O)/C=C(/C)O.[CH2-]c1ccccc1P(C(C)(C)C)C(C)(C)C.[Pd]. The van der Waals surface area contributed by atoms with E-state index in [9.17, 15) is 4.79 Å². The molecule has 0 bridgehead atoms. The summed E-state index contributed by atoms with van der Waals surface area (Å²) in [5.41, 5.74) is 1.19. The molecule has 0 saturated heterocycles. The predicted octanol–water partition coefficient (Wildman–Crippen LogP) is 5.61. The molecule has 1 N–H and O–H groups in total. The molecule has 0 aromatic heterocycles. The fourth-order valence-corrected chi connectivity index (χ4v) is 6.81. The topological polar surface area (TPSA) is 37.3 Å². The second-order valence-corrected chi connectivity index (χ2v) is 11.5. The van der Waals surface area contributed by atoms with Crippen LogP contribution in [0.1, 0.15) is 61.0 Å². The van der Waals surface area contributed by atoms with Crippen molar-refractivity contribution in [3.05, 3.63) is 48.6 Å². The van der Waals surface area contributed by atoms with Crippen molar-refractivity contribution in [2.75, 3.05) is 0 Å². The molecule has 0 unspecified atom stereocenters. The number of ketones is 1. The minimum Gasteiger partial charge on any atom is -0.512 e. The van der Waals surface area contributed by atoms with Gasteiger partial charge in [0.15, 0.2) is 5.78 Å². The standard InChI is InChI=1S/C15H24P.C5H8O2.Pd/c1-12-10-8-9-11-13(12)16(14(2,3)4)15(5,6)7;1-4(6)3-5(2)7;/h8-11H,1H2,2-7H3;3,6H,1-2H3;/q-1;;/b;4-3-;. The summed E-state index contributed by atoms with van der Waals surface area (Å²) >= 11 is 0. The van der Waals surface area contributed by atoms with E-state index in [2.05, 4.69) is 72.7 Å². The molecular weight excluding hydrogens is 410 g/mol. The Labute approximate surface area is 163 Å². The van der Waals surface area contributed by atoms with Crippen LogP contribution in [0.5, 0.6) is 0 Å². The van der Waals surface area contributed by atoms with Gasteiger partial charge in [-0.1, -0.05) is 47.6 Å². The average molecular weight is 442 g/mol. The molecule has 0 saturated carbocycles. The molecule has 140 valence electrons. The first-order valence-corrected chi connectivity index (χ1v) is 9.20. The Morgan fingerprint density at radius 2 is 1.46 bits per heavy atom. The van der Waals surface area contributed by atoms with Crippen LogP contribution in [0.2, 0.25) is 0 Å². The molecule has 0 fully saturated rings. The third-order valence-corrected chi connectivity index (χ3v) is 6.59. The Kier molecular flexibility index (Phi) is 11.1. The van der Waals surface area contributed by atoms with Crippen LogP contribution >= 0.6 is 7.92 Å². The van der Waals surface area contributed by atoms with E-state index in [-0.39, 0.29) is 39.9 Å². The molecular formula is C20H32O2PPd-. The smallest absolute Gasteiger partial charge is 0.155 e. The summed E-state index contributed by atoms with van der Waals surface area (Å²) in [7, 11) is -0.221. The van der Waals surface area contributed by atoms with Gasteiger partial charge in [-0.05, 0) is 24.2 Å². The number of carbonyl (C=O) groups excluding carboxylic acids is 1. The second-order valence-electron chi connectivity index (χ2n) is 7.70. The zero-order valence-electron chi connectivity index (χ0n) is 16.2. The number of aliphatic hydroxyl groups is 1. The van der Waals surface area contributed by atoms with Gasteiger partial charge < -0.3 is 5.11 Å². The normalized spacial score (nSPS) is 12.1. The van der Waals surface area contributed by atoms with Crippen LogP contribution in [0.25, 0.3) is 0 Å². The van der Waals surface area contributed by atoms with Crippen molar-refractivity contribution in [3.8, 4) is 0 Å². The fourth-order valence-electron chi connectivity index (χ4n) is 2.75. The van der Waals surface area contributed by atoms with Crippen LogP contribution in [0.3, 0.4) is 0 Å². The van der Waals surface area contributed by atoms with Crippen molar-refractivity contribution in [1.29, 1.82) is 0 Å². The maximum absolute atomic E-state index is 10.0. The zero-order chi connectivity index (χ0) is 18.4. The van der Waals surface area contributed by atoms with E-state index in [1.54, 1.807) is 0 Å². The van der Waals surface area contributed by atoms with Gasteiger partial charge in [0.05, 0.1) is 5.76 Å². The number of rotatable bonds is 2. The molecule has 0 atom stereocenters. The maximum atomic E-state index is 10.0. The summed E-state index contributed by atoms with van der Waals surface area (Å²) in [6.45, 7) is 21.1. The largest absolute Gasteiger partial charge is 0.512 e. The number of aliphatic hydroxyl groups excluding tert-OH is 1. The molecule has 0 amide bonds. The summed E-state index contributed by atoms with van der Waals surface area (Å²) in [4.78, 5) is 10.0. The second kappa shape index (κ2) is 10.4. The van der Waals surface area contributed by atoms with E-state index in [0.29, 0.717) is 10.3 Å². The molecule has 0 spiro atoms. The Morgan fingerprint density at radius 3 is 1.71 bits per heavy atom. The monoisotopic (exact) mass is 441 g/mol. The van der Waals surface area contributed by atoms with Crippen LogP contribution in [0, 0.1) is 6.92 Å². The van der Waals surface area contributed by atoms with Gasteiger partial charge in [0, 0.05) is 26.5 Å². The molecule has 0 aliphatic rings. The van der Waals surface area contributed by atoms with E-state index in [0.717, 1.165) is 0 Å². The molecule has 1 aromatic carbocycles. The van der Waals surface area contributed by atoms with Gasteiger partial charge in [0.25, 0.3) is 0 Å². The summed E-state index contributed by atoms with van der Waals surface area (Å²) in [5.74, 6) is -0.0625. The summed E-state index contributed by atoms with van der Waals surface area (Å²) < 4.78 is 0. The van der Waals surface area contributed by atoms with Crippen molar-refractivity contribution in [2.45, 2.75) is 65.7 Å². The first kappa shape index (κ1) is 25.6. The van der Waals surface area contributed by atoms with Crippen LogP contribution in [-0.4, -0.2) is 21.2 Å². The summed E-state index contributed by atoms with van der Waals surface area (Å²) in [6, 6.07) is 8.59. The summed E-state index contributed by atoms with van der Waals surface area (Å²) in [5, 5.41) is 10.5. The number of hydrogen-bond acceptors (Lipinski definition) is 2. The van der Waals surface area contributed by atoms with Crippen LogP contribution in [0.15, 0.2) is 36.1 Å². The van der Waals surface area contributed by atoms with Gasteiger partial charge in [-0.2, -0.15) is 18.6 Å². The quantitative estimate of drug-likeness (QED) is 0.213. The van der Waals surface area contributed by atoms with Crippen molar-refractivity contribution >= 4 is 19.0 Å². The number of benzene rings is 1. The van der Waals surface area contributed by atoms with E-state index in [1.165, 1.54) is 30.8 Å². The van der Waals surface area contributed by atoms with Gasteiger partial charge in [-0.15, -0.1) is 25.4 Å². The van der Waals surface area contributed by atoms with Gasteiger partial charge in [-0.3, -0.25) is 4.79 Å². The Bertz CT molecular complexity index is 533. The molecule has 24 heavy (non-hydrogen) atoms. The molecule has 1 rings (SSSR count). The Balaban J connectivity index is 0. The zero-order valence-corrected chi connectivity index (χ0v) is 18.7. The van der Waals surface area contributed by atoms with Crippen LogP contribution in [-0.2, 0) is 25.2 Å². The van der Waals surface area contributed by atoms with E-state index in [1.807, 2.05) is 0 Å². The fraction of sp³-hybridized carbons (Fsp3) is 0.500. The van der Waals surface area contributed by atoms with Crippen molar-refractivity contribution in [3.63, 3.8) is 0 Å². The molecule has 4 heteroatoms. The number of hydrogen-bond donors (Lipinski definition) is 1. The van der Waals surface area contributed by atoms with Gasteiger partial charge >= 0.3 is 0 Å². The average Bonchev–Trinajstić information content (AvgIpc) is 2.27. The molecule has 2 nitrogen and oxygen atoms in total. The van der Waals surface area contributed by atoms with Crippen LogP contribution < -0.4 is 5.30 Å². The number of allylic oxidation sites excluding steroid dienone is 2. The van der Waals surface area contributed by atoms with Crippen molar-refractivity contribution in [1.82, 2.24) is 0 Å². The van der Waals surface area contributed by atoms with E-state index >= 15 is 0 Å². The van der Waals surface area contributed by atoms with Crippen molar-refractivity contribution < 1.29 is 30.3 Å². The third kappa shape index (κ3) is 9.63. The summed E-state index contributed by atoms with van der Waals surface area (Å²) in [6.07, 6.45) is 1.17. The predicted molar refractivity (Wildman–Crippen MR) is 104 cm³/mol. The molecule has 1 aromatic rings. The van der Waals surface area contributed by atoms with Gasteiger partial charge in [0.2, 0.25) is 0 Å². The third-order valence-electron chi connectivity index (χ3n) is 2.99. The minimum atomic E-state index is -0.221. The molecule has 0 radical (unpaired) electrons. The first-order chi connectivity index (χ1) is 10.3. The van der Waals surface area contributed by atoms with Gasteiger partial charge in [-0.25, -0.2) is 0 Å². The van der Waals surface area contributed by atoms with Gasteiger partial charge in [0.1, 0.15) is 0 Å². The molecule has 0 aliphatic carbocycles. The first-order valence-electron chi connectivity index (χ1n) is 7.86. The van der Waals surface area contributed by atoms with Crippen LogP contribution in [0.4, 0.5) is 0 Å². The van der Waals surface area contributed by atoms with Crippen molar-refractivity contribution in [2.24, 2.45) is 0 Å². The van der Waals surface area contributed by atoms with E-state index < -0.39 is 0 Å². The van der Waals surface area contributed by atoms with E-state index in [4.69, 9.17) is 5.11 Å². The Morgan fingerprint density at radius 1 is 1.04 bits per heavy atom. The molecule has 0 aliphatic heterocycles. The number of carbonyl (C=O) groups is 1. The maximum Gasteiger partial charge on any atom is 0.155 e. The Hall–Kier alpha value is -0.608.